The molecule has 0 amide bonds. The predicted molar refractivity (Wildman–Crippen MR) is 171 cm³/mol. The number of rotatable bonds is 4. The van der Waals surface area contributed by atoms with E-state index in [0.29, 0.717) is 0 Å². The second kappa shape index (κ2) is 8.70. The van der Waals surface area contributed by atoms with Gasteiger partial charge in [0.15, 0.2) is 0 Å². The highest BCUT2D eigenvalue weighted by molar-refractivity contribution is 7.08. The number of fused-ring (bicyclic) bond motifs is 5. The second-order valence-electron chi connectivity index (χ2n) is 11.1. The van der Waals surface area contributed by atoms with E-state index in [4.69, 9.17) is 0 Å². The van der Waals surface area contributed by atoms with E-state index in [1.54, 1.807) is 11.3 Å². The summed E-state index contributed by atoms with van der Waals surface area (Å²) in [4.78, 5) is 2.30. The lowest BCUT2D eigenvalue weighted by Crippen LogP contribution is -2.24. The molecule has 2 aromatic heterocycles. The lowest BCUT2D eigenvalue weighted by Gasteiger charge is -2.32. The molecule has 0 saturated heterocycles. The third-order valence-electron chi connectivity index (χ3n) is 8.50. The highest BCUT2D eigenvalue weighted by Crippen LogP contribution is 2.49. The van der Waals surface area contributed by atoms with Gasteiger partial charge < -0.3 is 9.47 Å². The van der Waals surface area contributed by atoms with Crippen LogP contribution >= 0.6 is 11.3 Å². The molecule has 3 heteroatoms. The molecule has 0 radical (unpaired) electrons. The van der Waals surface area contributed by atoms with Crippen molar-refractivity contribution in [3.63, 3.8) is 0 Å². The van der Waals surface area contributed by atoms with Crippen LogP contribution in [0.15, 0.2) is 132 Å². The van der Waals surface area contributed by atoms with Gasteiger partial charge in [0.2, 0.25) is 0 Å². The Balaban J connectivity index is 1.26. The summed E-state index contributed by atoms with van der Waals surface area (Å²) in [5.74, 6) is 0. The quantitative estimate of drug-likeness (QED) is 0.219. The third kappa shape index (κ3) is 3.34. The van der Waals surface area contributed by atoms with Gasteiger partial charge in [-0.3, -0.25) is 0 Å². The van der Waals surface area contributed by atoms with Crippen molar-refractivity contribution in [2.24, 2.45) is 0 Å². The molecule has 3 heterocycles. The molecule has 0 bridgehead atoms. The lowest BCUT2D eigenvalue weighted by molar-refractivity contribution is 0.633. The molecular weight excluding hydrogens is 504 g/mol. The van der Waals surface area contributed by atoms with Gasteiger partial charge in [0.1, 0.15) is 0 Å². The van der Waals surface area contributed by atoms with E-state index >= 15 is 0 Å². The topological polar surface area (TPSA) is 8.17 Å². The molecular formula is C37H28N2S. The standard InChI is InChI=1S/C37H28N2S/c1-37(2)32-15-9-14-30-31-22-26(18-21-34(31)39(36(30)32)35-24-40-23-33(35)37)25-16-19-29(20-17-25)38(27-10-5-3-6-11-27)28-12-7-4-8-13-28/h3-24H,1-2H3. The maximum atomic E-state index is 2.49. The van der Waals surface area contributed by atoms with E-state index < -0.39 is 0 Å². The Bertz CT molecular complexity index is 1970. The fourth-order valence-corrected chi connectivity index (χ4v) is 7.46. The van der Waals surface area contributed by atoms with E-state index in [1.807, 2.05) is 0 Å². The first-order valence-electron chi connectivity index (χ1n) is 13.8. The van der Waals surface area contributed by atoms with Gasteiger partial charge in [-0.05, 0) is 76.2 Å². The molecule has 2 nitrogen and oxygen atoms in total. The van der Waals surface area contributed by atoms with Gasteiger partial charge in [0.25, 0.3) is 0 Å². The van der Waals surface area contributed by atoms with Gasteiger partial charge in [-0.1, -0.05) is 86.6 Å². The van der Waals surface area contributed by atoms with E-state index in [2.05, 4.69) is 155 Å². The van der Waals surface area contributed by atoms with Gasteiger partial charge in [-0.25, -0.2) is 0 Å². The number of para-hydroxylation sites is 3. The number of benzene rings is 5. The number of anilines is 3. The first-order chi connectivity index (χ1) is 19.6. The smallest absolute Gasteiger partial charge is 0.0610 e. The summed E-state index contributed by atoms with van der Waals surface area (Å²) in [7, 11) is 0. The van der Waals surface area contributed by atoms with Crippen LogP contribution in [0, 0.1) is 0 Å². The summed E-state index contributed by atoms with van der Waals surface area (Å²) in [6.45, 7) is 4.71. The van der Waals surface area contributed by atoms with Crippen molar-refractivity contribution < 1.29 is 0 Å². The van der Waals surface area contributed by atoms with Crippen LogP contribution in [-0.4, -0.2) is 4.57 Å². The Morgan fingerprint density at radius 2 is 1.23 bits per heavy atom. The normalized spacial score (nSPS) is 13.4. The molecule has 0 N–H and O–H groups in total. The average molecular weight is 533 g/mol. The average Bonchev–Trinajstić information content (AvgIpc) is 3.62. The number of hydrogen-bond acceptors (Lipinski definition) is 2. The summed E-state index contributed by atoms with van der Waals surface area (Å²) in [6, 6.07) is 43.9. The third-order valence-corrected chi connectivity index (χ3v) is 9.24. The highest BCUT2D eigenvalue weighted by atomic mass is 32.1. The SMILES string of the molecule is CC1(C)c2cscc2-n2c3ccc(-c4ccc(N(c5ccccc5)c5ccccc5)cc4)cc3c3cccc1c32. The van der Waals surface area contributed by atoms with Crippen molar-refractivity contribution in [3.05, 3.63) is 143 Å². The van der Waals surface area contributed by atoms with Crippen molar-refractivity contribution in [2.75, 3.05) is 4.90 Å². The Labute approximate surface area is 238 Å². The summed E-state index contributed by atoms with van der Waals surface area (Å²) in [6.07, 6.45) is 0. The van der Waals surface area contributed by atoms with Gasteiger partial charge in [0.05, 0.1) is 16.7 Å². The Morgan fingerprint density at radius 1 is 0.575 bits per heavy atom. The van der Waals surface area contributed by atoms with E-state index in [9.17, 15) is 0 Å². The van der Waals surface area contributed by atoms with Crippen molar-refractivity contribution in [1.82, 2.24) is 4.57 Å². The molecule has 0 fully saturated rings. The van der Waals surface area contributed by atoms with Gasteiger partial charge in [-0.15, -0.1) is 11.3 Å². The fraction of sp³-hybridized carbons (Fsp3) is 0.0811. The number of thiophene rings is 1. The van der Waals surface area contributed by atoms with E-state index in [1.165, 1.54) is 49.7 Å². The molecule has 1 aliphatic rings. The zero-order valence-corrected chi connectivity index (χ0v) is 23.3. The number of nitrogens with zero attached hydrogens (tertiary/aromatic N) is 2. The fourth-order valence-electron chi connectivity index (χ4n) is 6.48. The molecule has 0 aliphatic carbocycles. The predicted octanol–water partition coefficient (Wildman–Crippen LogP) is 10.6. The van der Waals surface area contributed by atoms with Crippen LogP contribution in [-0.2, 0) is 5.41 Å². The summed E-state index contributed by atoms with van der Waals surface area (Å²) >= 11 is 1.80. The first kappa shape index (κ1) is 23.3. The minimum absolute atomic E-state index is 0.0126. The largest absolute Gasteiger partial charge is 0.311 e. The lowest BCUT2D eigenvalue weighted by atomic mass is 9.76. The maximum absolute atomic E-state index is 2.49. The van der Waals surface area contributed by atoms with Crippen LogP contribution in [0.5, 0.6) is 0 Å². The second-order valence-corrected chi connectivity index (χ2v) is 11.9. The van der Waals surface area contributed by atoms with Gasteiger partial charge in [-0.2, -0.15) is 0 Å². The van der Waals surface area contributed by atoms with E-state index in [-0.39, 0.29) is 5.41 Å². The van der Waals surface area contributed by atoms with E-state index in [0.717, 1.165) is 17.1 Å². The molecule has 7 aromatic rings. The maximum Gasteiger partial charge on any atom is 0.0610 e. The highest BCUT2D eigenvalue weighted by Gasteiger charge is 2.35. The van der Waals surface area contributed by atoms with Crippen molar-refractivity contribution in [1.29, 1.82) is 0 Å². The van der Waals surface area contributed by atoms with Gasteiger partial charge in [0, 0.05) is 38.6 Å². The Morgan fingerprint density at radius 3 is 1.93 bits per heavy atom. The van der Waals surface area contributed by atoms with Crippen LogP contribution in [0.2, 0.25) is 0 Å². The molecule has 1 aliphatic heterocycles. The van der Waals surface area contributed by atoms with Crippen molar-refractivity contribution in [2.45, 2.75) is 19.3 Å². The first-order valence-corrected chi connectivity index (χ1v) is 14.7. The van der Waals surface area contributed by atoms with Crippen LogP contribution < -0.4 is 4.90 Å². The zero-order chi connectivity index (χ0) is 26.8. The Kier molecular flexibility index (Phi) is 5.07. The summed E-state index contributed by atoms with van der Waals surface area (Å²) in [5, 5.41) is 7.27. The van der Waals surface area contributed by atoms with Crippen LogP contribution in [0.3, 0.4) is 0 Å². The minimum Gasteiger partial charge on any atom is -0.311 e. The molecule has 5 aromatic carbocycles. The molecule has 192 valence electrons. The van der Waals surface area contributed by atoms with Crippen LogP contribution in [0.1, 0.15) is 25.0 Å². The zero-order valence-electron chi connectivity index (χ0n) is 22.5. The monoisotopic (exact) mass is 532 g/mol. The minimum atomic E-state index is -0.0126. The number of aromatic nitrogens is 1. The summed E-state index contributed by atoms with van der Waals surface area (Å²) in [5.41, 5.74) is 12.6. The van der Waals surface area contributed by atoms with Crippen LogP contribution in [0.4, 0.5) is 17.1 Å². The van der Waals surface area contributed by atoms with Crippen LogP contribution in [0.25, 0.3) is 38.6 Å². The van der Waals surface area contributed by atoms with Crippen molar-refractivity contribution in [3.8, 4) is 16.8 Å². The molecule has 40 heavy (non-hydrogen) atoms. The molecule has 0 atom stereocenters. The Hall–Kier alpha value is -4.60. The molecule has 0 spiro atoms. The molecule has 8 rings (SSSR count). The molecule has 0 unspecified atom stereocenters. The summed E-state index contributed by atoms with van der Waals surface area (Å²) < 4.78 is 2.49. The van der Waals surface area contributed by atoms with Gasteiger partial charge >= 0.3 is 0 Å². The molecule has 0 saturated carbocycles. The van der Waals surface area contributed by atoms with Crippen molar-refractivity contribution >= 4 is 50.2 Å². The number of hydrogen-bond donors (Lipinski definition) is 0.